The van der Waals surface area contributed by atoms with Crippen LogP contribution in [0.3, 0.4) is 0 Å². The molecule has 0 aliphatic heterocycles. The summed E-state index contributed by atoms with van der Waals surface area (Å²) in [5, 5.41) is 0.377. The van der Waals surface area contributed by atoms with E-state index in [1.165, 1.54) is 17.3 Å². The lowest BCUT2D eigenvalue weighted by Crippen LogP contribution is -2.01. The molecule has 0 aliphatic rings. The van der Waals surface area contributed by atoms with Crippen molar-refractivity contribution < 1.29 is 4.79 Å². The fourth-order valence-electron chi connectivity index (χ4n) is 1.28. The summed E-state index contributed by atoms with van der Waals surface area (Å²) < 4.78 is 0. The Hall–Kier alpha value is -0.670. The number of rotatable bonds is 4. The Bertz CT molecular complexity index is 405. The van der Waals surface area contributed by atoms with Crippen molar-refractivity contribution in [2.45, 2.75) is 26.0 Å². The summed E-state index contributed by atoms with van der Waals surface area (Å²) in [6, 6.07) is 8.15. The van der Waals surface area contributed by atoms with Crippen LogP contribution in [0.1, 0.15) is 25.0 Å². The lowest BCUT2D eigenvalue weighted by Gasteiger charge is -2.03. The number of carbonyl (C=O) groups is 1. The number of benzene rings is 1. The first-order chi connectivity index (χ1) is 7.99. The molecule has 0 fully saturated rings. The van der Waals surface area contributed by atoms with Gasteiger partial charge < -0.3 is 0 Å². The van der Waals surface area contributed by atoms with Crippen molar-refractivity contribution in [3.05, 3.63) is 41.0 Å². The van der Waals surface area contributed by atoms with E-state index >= 15 is 0 Å². The molecule has 0 aliphatic carbocycles. The van der Waals surface area contributed by atoms with Gasteiger partial charge in [-0.3, -0.25) is 4.79 Å². The molecule has 1 aromatic rings. The first kappa shape index (κ1) is 14.4. The molecule has 3 heteroatoms. The molecule has 1 unspecified atom stereocenters. The molecule has 17 heavy (non-hydrogen) atoms. The van der Waals surface area contributed by atoms with Gasteiger partial charge in [-0.15, -0.1) is 0 Å². The monoisotopic (exact) mass is 266 g/mol. The Balaban J connectivity index is 2.65. The first-order valence-corrected chi connectivity index (χ1v) is 7.09. The number of hydrogen-bond donors (Lipinski definition) is 1. The van der Waals surface area contributed by atoms with Crippen molar-refractivity contribution >= 4 is 35.6 Å². The van der Waals surface area contributed by atoms with Gasteiger partial charge in [-0.1, -0.05) is 48.5 Å². The maximum absolute atomic E-state index is 11.8. The minimum absolute atomic E-state index is 0.131. The standard InChI is InChI=1S/C14H18OS2/c1-10-4-6-13(7-5-10)8-11(2)14(15)17-9-12(3)16/h4-8,12,16H,9H2,1-3H3/b11-8+. The largest absolute Gasteiger partial charge is 0.282 e. The Morgan fingerprint density at radius 2 is 2.00 bits per heavy atom. The van der Waals surface area contributed by atoms with Gasteiger partial charge >= 0.3 is 0 Å². The molecule has 92 valence electrons. The van der Waals surface area contributed by atoms with Crippen LogP contribution in [0, 0.1) is 6.92 Å². The fraction of sp³-hybridized carbons (Fsp3) is 0.357. The third kappa shape index (κ3) is 5.46. The zero-order valence-corrected chi connectivity index (χ0v) is 12.1. The average molecular weight is 266 g/mol. The zero-order valence-electron chi connectivity index (χ0n) is 10.4. The van der Waals surface area contributed by atoms with E-state index in [9.17, 15) is 4.79 Å². The van der Waals surface area contributed by atoms with Crippen LogP contribution in [0.4, 0.5) is 0 Å². The lowest BCUT2D eigenvalue weighted by molar-refractivity contribution is -0.107. The molecule has 0 saturated heterocycles. The van der Waals surface area contributed by atoms with Crippen molar-refractivity contribution in [2.24, 2.45) is 0 Å². The number of aryl methyl sites for hydroxylation is 1. The second-order valence-corrected chi connectivity index (χ2v) is 6.06. The van der Waals surface area contributed by atoms with Gasteiger partial charge in [0.1, 0.15) is 0 Å². The summed E-state index contributed by atoms with van der Waals surface area (Å²) in [4.78, 5) is 11.8. The van der Waals surface area contributed by atoms with E-state index in [2.05, 4.69) is 19.6 Å². The van der Waals surface area contributed by atoms with Gasteiger partial charge in [0.15, 0.2) is 0 Å². The summed E-state index contributed by atoms with van der Waals surface area (Å²) in [7, 11) is 0. The Morgan fingerprint density at radius 1 is 1.41 bits per heavy atom. The van der Waals surface area contributed by atoms with E-state index in [4.69, 9.17) is 0 Å². The van der Waals surface area contributed by atoms with E-state index in [1.807, 2.05) is 44.2 Å². The molecular formula is C14H18OS2. The van der Waals surface area contributed by atoms with Crippen molar-refractivity contribution in [1.29, 1.82) is 0 Å². The Kier molecular flexibility index (Phi) is 5.86. The molecular weight excluding hydrogens is 248 g/mol. The van der Waals surface area contributed by atoms with Crippen LogP contribution in [0.15, 0.2) is 29.8 Å². The summed E-state index contributed by atoms with van der Waals surface area (Å²) in [5.74, 6) is 0.751. The van der Waals surface area contributed by atoms with Crippen LogP contribution in [-0.2, 0) is 4.79 Å². The summed E-state index contributed by atoms with van der Waals surface area (Å²) in [5.41, 5.74) is 3.08. The van der Waals surface area contributed by atoms with E-state index in [0.717, 1.165) is 16.9 Å². The predicted molar refractivity (Wildman–Crippen MR) is 80.7 cm³/mol. The highest BCUT2D eigenvalue weighted by atomic mass is 32.2. The lowest BCUT2D eigenvalue weighted by atomic mass is 10.1. The van der Waals surface area contributed by atoms with Crippen LogP contribution < -0.4 is 0 Å². The van der Waals surface area contributed by atoms with Crippen molar-refractivity contribution in [3.63, 3.8) is 0 Å². The summed E-state index contributed by atoms with van der Waals surface area (Å²) in [6.45, 7) is 5.90. The topological polar surface area (TPSA) is 17.1 Å². The molecule has 0 bridgehead atoms. The highest BCUT2D eigenvalue weighted by Crippen LogP contribution is 2.16. The van der Waals surface area contributed by atoms with Crippen molar-refractivity contribution in [3.8, 4) is 0 Å². The predicted octanol–water partition coefficient (Wildman–Crippen LogP) is 3.98. The molecule has 0 N–H and O–H groups in total. The molecule has 1 aromatic carbocycles. The van der Waals surface area contributed by atoms with E-state index in [1.54, 1.807) is 0 Å². The maximum Gasteiger partial charge on any atom is 0.215 e. The van der Waals surface area contributed by atoms with Gasteiger partial charge in [0.25, 0.3) is 0 Å². The zero-order chi connectivity index (χ0) is 12.8. The molecule has 0 saturated carbocycles. The van der Waals surface area contributed by atoms with Crippen molar-refractivity contribution in [2.75, 3.05) is 5.75 Å². The van der Waals surface area contributed by atoms with Gasteiger partial charge in [0.2, 0.25) is 5.12 Å². The minimum atomic E-state index is 0.131. The Morgan fingerprint density at radius 3 is 2.53 bits per heavy atom. The minimum Gasteiger partial charge on any atom is -0.282 e. The van der Waals surface area contributed by atoms with Gasteiger partial charge in [-0.2, -0.15) is 12.6 Å². The molecule has 0 radical (unpaired) electrons. The van der Waals surface area contributed by atoms with E-state index in [0.29, 0.717) is 0 Å². The quantitative estimate of drug-likeness (QED) is 0.656. The molecule has 0 spiro atoms. The van der Waals surface area contributed by atoms with Gasteiger partial charge in [0, 0.05) is 16.6 Å². The highest BCUT2D eigenvalue weighted by Gasteiger charge is 2.06. The average Bonchev–Trinajstić information content (AvgIpc) is 2.28. The number of thiol groups is 1. The molecule has 1 rings (SSSR count). The van der Waals surface area contributed by atoms with E-state index in [-0.39, 0.29) is 10.4 Å². The van der Waals surface area contributed by atoms with Gasteiger partial charge in [-0.25, -0.2) is 0 Å². The molecule has 1 nitrogen and oxygen atoms in total. The maximum atomic E-state index is 11.8. The second-order valence-electron chi connectivity index (χ2n) is 4.19. The smallest absolute Gasteiger partial charge is 0.215 e. The number of thioether (sulfide) groups is 1. The van der Waals surface area contributed by atoms with Crippen LogP contribution in [0.2, 0.25) is 0 Å². The Labute approximate surface area is 113 Å². The molecule has 1 atom stereocenters. The van der Waals surface area contributed by atoms with Gasteiger partial charge in [-0.05, 0) is 25.5 Å². The van der Waals surface area contributed by atoms with E-state index < -0.39 is 0 Å². The normalized spacial score (nSPS) is 13.5. The van der Waals surface area contributed by atoms with Crippen LogP contribution in [0.25, 0.3) is 6.08 Å². The highest BCUT2D eigenvalue weighted by molar-refractivity contribution is 8.14. The summed E-state index contributed by atoms with van der Waals surface area (Å²) in [6.07, 6.45) is 1.93. The van der Waals surface area contributed by atoms with Crippen molar-refractivity contribution in [1.82, 2.24) is 0 Å². The fourth-order valence-corrected chi connectivity index (χ4v) is 2.18. The third-order valence-corrected chi connectivity index (χ3v) is 3.92. The first-order valence-electron chi connectivity index (χ1n) is 5.59. The number of hydrogen-bond acceptors (Lipinski definition) is 3. The SMILES string of the molecule is C/C(=C\c1ccc(C)cc1)C(=O)SCC(C)S. The third-order valence-electron chi connectivity index (χ3n) is 2.24. The molecule has 0 amide bonds. The molecule has 0 aromatic heterocycles. The van der Waals surface area contributed by atoms with Crippen LogP contribution in [0.5, 0.6) is 0 Å². The van der Waals surface area contributed by atoms with Crippen LogP contribution in [-0.4, -0.2) is 16.1 Å². The number of carbonyl (C=O) groups excluding carboxylic acids is 1. The second kappa shape index (κ2) is 6.92. The van der Waals surface area contributed by atoms with Gasteiger partial charge in [0.05, 0.1) is 0 Å². The van der Waals surface area contributed by atoms with Crippen LogP contribution >= 0.6 is 24.4 Å². The summed E-state index contributed by atoms with van der Waals surface area (Å²) >= 11 is 5.59. The molecule has 0 heterocycles.